The molecule has 0 heterocycles. The van der Waals surface area contributed by atoms with E-state index in [9.17, 15) is 4.79 Å². The van der Waals surface area contributed by atoms with Crippen molar-refractivity contribution in [2.75, 3.05) is 0 Å². The van der Waals surface area contributed by atoms with Gasteiger partial charge in [0.05, 0.1) is 0 Å². The molecule has 0 aromatic rings. The van der Waals surface area contributed by atoms with Crippen LogP contribution in [-0.4, -0.2) is 5.78 Å². The lowest BCUT2D eigenvalue weighted by molar-refractivity contribution is -0.133. The average molecular weight is 192 g/mol. The van der Waals surface area contributed by atoms with Gasteiger partial charge < -0.3 is 0 Å². The molecule has 0 saturated heterocycles. The molecule has 1 unspecified atom stereocenters. The molecule has 0 aliphatic heterocycles. The Balaban J connectivity index is 3.18. The fraction of sp³-hybridized carbons (Fsp3) is 0.615. The van der Waals surface area contributed by atoms with Crippen LogP contribution in [0.1, 0.15) is 34.6 Å². The van der Waals surface area contributed by atoms with Crippen LogP contribution >= 0.6 is 0 Å². The molecule has 1 heteroatoms. The zero-order valence-corrected chi connectivity index (χ0v) is 9.79. The zero-order chi connectivity index (χ0) is 11.0. The first-order chi connectivity index (χ1) is 6.31. The summed E-state index contributed by atoms with van der Waals surface area (Å²) in [6.45, 7) is 10.2. The summed E-state index contributed by atoms with van der Waals surface area (Å²) in [4.78, 5) is 12.3. The molecule has 0 amide bonds. The maximum absolute atomic E-state index is 12.3. The Hall–Kier alpha value is -0.850. The second kappa shape index (κ2) is 3.38. The summed E-state index contributed by atoms with van der Waals surface area (Å²) in [5.41, 5.74) is -0.671. The summed E-state index contributed by atoms with van der Waals surface area (Å²) in [5.74, 6) is 0.649. The Morgan fingerprint density at radius 3 is 2.07 bits per heavy atom. The van der Waals surface area contributed by atoms with E-state index in [1.807, 2.05) is 45.1 Å². The maximum atomic E-state index is 12.3. The summed E-state index contributed by atoms with van der Waals surface area (Å²) in [6.07, 6.45) is 7.99. The van der Waals surface area contributed by atoms with Crippen molar-refractivity contribution in [2.24, 2.45) is 16.7 Å². The first-order valence-electron chi connectivity index (χ1n) is 5.22. The Morgan fingerprint density at radius 2 is 1.57 bits per heavy atom. The van der Waals surface area contributed by atoms with Gasteiger partial charge in [-0.3, -0.25) is 4.79 Å². The zero-order valence-electron chi connectivity index (χ0n) is 9.79. The minimum absolute atomic E-state index is 0.310. The molecular weight excluding hydrogens is 172 g/mol. The van der Waals surface area contributed by atoms with Gasteiger partial charge in [-0.1, -0.05) is 38.2 Å². The SMILES string of the molecule is CC(C)C1(C)C=CC=CC(C)(C)C1=O. The van der Waals surface area contributed by atoms with Gasteiger partial charge in [-0.15, -0.1) is 0 Å². The molecule has 1 aliphatic rings. The molecule has 1 aliphatic carbocycles. The molecule has 0 fully saturated rings. The van der Waals surface area contributed by atoms with E-state index in [4.69, 9.17) is 0 Å². The summed E-state index contributed by atoms with van der Waals surface area (Å²) in [5, 5.41) is 0. The van der Waals surface area contributed by atoms with Gasteiger partial charge in [0.1, 0.15) is 0 Å². The number of carbonyl (C=O) groups is 1. The van der Waals surface area contributed by atoms with Crippen LogP contribution in [0.3, 0.4) is 0 Å². The fourth-order valence-electron chi connectivity index (χ4n) is 1.85. The van der Waals surface area contributed by atoms with Gasteiger partial charge in [-0.2, -0.15) is 0 Å². The molecule has 0 aromatic carbocycles. The third-order valence-corrected chi connectivity index (χ3v) is 3.34. The highest BCUT2D eigenvalue weighted by Gasteiger charge is 2.41. The van der Waals surface area contributed by atoms with Gasteiger partial charge in [0.25, 0.3) is 0 Å². The molecule has 0 saturated carbocycles. The summed E-state index contributed by atoms with van der Waals surface area (Å²) < 4.78 is 0. The molecule has 1 nitrogen and oxygen atoms in total. The van der Waals surface area contributed by atoms with Crippen molar-refractivity contribution in [3.63, 3.8) is 0 Å². The van der Waals surface area contributed by atoms with Crippen LogP contribution in [0.15, 0.2) is 24.3 Å². The van der Waals surface area contributed by atoms with Gasteiger partial charge in [-0.05, 0) is 26.7 Å². The number of rotatable bonds is 1. The molecule has 0 aromatic heterocycles. The van der Waals surface area contributed by atoms with Crippen LogP contribution < -0.4 is 0 Å². The highest BCUT2D eigenvalue weighted by atomic mass is 16.1. The number of hydrogen-bond donors (Lipinski definition) is 0. The number of ketones is 1. The lowest BCUT2D eigenvalue weighted by atomic mass is 9.67. The van der Waals surface area contributed by atoms with Gasteiger partial charge in [0, 0.05) is 10.8 Å². The van der Waals surface area contributed by atoms with Crippen molar-refractivity contribution in [1.82, 2.24) is 0 Å². The van der Waals surface area contributed by atoms with Crippen molar-refractivity contribution in [2.45, 2.75) is 34.6 Å². The smallest absolute Gasteiger partial charge is 0.152 e. The highest BCUT2D eigenvalue weighted by Crippen LogP contribution is 2.39. The maximum Gasteiger partial charge on any atom is 0.152 e. The number of allylic oxidation sites excluding steroid dienone is 4. The molecule has 0 radical (unpaired) electrons. The lowest BCUT2D eigenvalue weighted by Crippen LogP contribution is -2.39. The number of carbonyl (C=O) groups excluding carboxylic acids is 1. The molecule has 1 atom stereocenters. The minimum Gasteiger partial charge on any atom is -0.298 e. The van der Waals surface area contributed by atoms with E-state index in [-0.39, 0.29) is 10.8 Å². The highest BCUT2D eigenvalue weighted by molar-refractivity contribution is 5.93. The minimum atomic E-state index is -0.345. The van der Waals surface area contributed by atoms with Crippen LogP contribution in [0.5, 0.6) is 0 Å². The summed E-state index contributed by atoms with van der Waals surface area (Å²) in [7, 11) is 0. The molecular formula is C13H20O. The van der Waals surface area contributed by atoms with Gasteiger partial charge in [-0.25, -0.2) is 0 Å². The summed E-state index contributed by atoms with van der Waals surface area (Å²) in [6, 6.07) is 0. The van der Waals surface area contributed by atoms with E-state index in [0.717, 1.165) is 0 Å². The molecule has 78 valence electrons. The van der Waals surface area contributed by atoms with Gasteiger partial charge >= 0.3 is 0 Å². The third-order valence-electron chi connectivity index (χ3n) is 3.34. The standard InChI is InChI=1S/C13H20O/c1-10(2)13(5)9-7-6-8-12(3,4)11(13)14/h6-10H,1-5H3. The van der Waals surface area contributed by atoms with Crippen LogP contribution in [0.4, 0.5) is 0 Å². The Morgan fingerprint density at radius 1 is 1.07 bits per heavy atom. The van der Waals surface area contributed by atoms with Gasteiger partial charge in [0.15, 0.2) is 5.78 Å². The van der Waals surface area contributed by atoms with Crippen molar-refractivity contribution in [1.29, 1.82) is 0 Å². The average Bonchev–Trinajstić information content (AvgIpc) is 2.18. The first kappa shape index (κ1) is 11.2. The van der Waals surface area contributed by atoms with E-state index >= 15 is 0 Å². The predicted octanol–water partition coefficient (Wildman–Crippen LogP) is 3.37. The molecule has 0 N–H and O–H groups in total. The fourth-order valence-corrected chi connectivity index (χ4v) is 1.85. The Kier molecular flexibility index (Phi) is 2.71. The molecule has 0 spiro atoms. The molecule has 1 rings (SSSR count). The second-order valence-corrected chi connectivity index (χ2v) is 5.21. The number of hydrogen-bond acceptors (Lipinski definition) is 1. The van der Waals surface area contributed by atoms with Gasteiger partial charge in [0.2, 0.25) is 0 Å². The van der Waals surface area contributed by atoms with E-state index < -0.39 is 0 Å². The largest absolute Gasteiger partial charge is 0.298 e. The Labute approximate surface area is 86.9 Å². The van der Waals surface area contributed by atoms with E-state index in [0.29, 0.717) is 11.7 Å². The third kappa shape index (κ3) is 1.68. The van der Waals surface area contributed by atoms with Crippen molar-refractivity contribution >= 4 is 5.78 Å². The van der Waals surface area contributed by atoms with E-state index in [1.165, 1.54) is 0 Å². The second-order valence-electron chi connectivity index (χ2n) is 5.21. The lowest BCUT2D eigenvalue weighted by Gasteiger charge is -2.34. The van der Waals surface area contributed by atoms with E-state index in [1.54, 1.807) is 0 Å². The van der Waals surface area contributed by atoms with E-state index in [2.05, 4.69) is 13.8 Å². The van der Waals surface area contributed by atoms with Crippen LogP contribution in [0.2, 0.25) is 0 Å². The predicted molar refractivity (Wildman–Crippen MR) is 60.0 cm³/mol. The van der Waals surface area contributed by atoms with Crippen molar-refractivity contribution in [3.05, 3.63) is 24.3 Å². The summed E-state index contributed by atoms with van der Waals surface area (Å²) >= 11 is 0. The molecule has 14 heavy (non-hydrogen) atoms. The van der Waals surface area contributed by atoms with Crippen molar-refractivity contribution in [3.8, 4) is 0 Å². The van der Waals surface area contributed by atoms with Crippen LogP contribution in [0.25, 0.3) is 0 Å². The molecule has 0 bridgehead atoms. The quantitative estimate of drug-likeness (QED) is 0.622. The topological polar surface area (TPSA) is 17.1 Å². The van der Waals surface area contributed by atoms with Crippen molar-refractivity contribution < 1.29 is 4.79 Å². The van der Waals surface area contributed by atoms with Crippen LogP contribution in [0, 0.1) is 16.7 Å². The Bertz CT molecular complexity index is 294. The van der Waals surface area contributed by atoms with Crippen LogP contribution in [-0.2, 0) is 4.79 Å². The monoisotopic (exact) mass is 192 g/mol. The number of Topliss-reactive ketones (excluding diaryl/α,β-unsaturated/α-hetero) is 1. The normalized spacial score (nSPS) is 30.9. The first-order valence-corrected chi connectivity index (χ1v) is 5.22.